The van der Waals surface area contributed by atoms with Gasteiger partial charge >= 0.3 is 5.69 Å². The number of benzene rings is 2. The fraction of sp³-hybridized carbons (Fsp3) is 0.304. The van der Waals surface area contributed by atoms with Crippen LogP contribution in [0.1, 0.15) is 41.0 Å². The maximum absolute atomic E-state index is 14.2. The van der Waals surface area contributed by atoms with Crippen molar-refractivity contribution in [3.63, 3.8) is 0 Å². The van der Waals surface area contributed by atoms with Gasteiger partial charge in [0.15, 0.2) is 0 Å². The molecule has 0 bridgehead atoms. The number of aromatic nitrogens is 3. The molecule has 0 radical (unpaired) electrons. The Balaban J connectivity index is 2.28. The fourth-order valence-corrected chi connectivity index (χ4v) is 3.27. The molecule has 0 atom stereocenters. The lowest BCUT2D eigenvalue weighted by Crippen LogP contribution is -2.47. The van der Waals surface area contributed by atoms with Crippen LogP contribution in [0.25, 0.3) is 5.69 Å². The van der Waals surface area contributed by atoms with Gasteiger partial charge in [-0.25, -0.2) is 9.18 Å². The third kappa shape index (κ3) is 4.33. The van der Waals surface area contributed by atoms with Crippen molar-refractivity contribution < 1.29 is 9.18 Å². The number of aryl methyl sites for hydroxylation is 2. The highest BCUT2D eigenvalue weighted by molar-refractivity contribution is 5.91. The van der Waals surface area contributed by atoms with Crippen LogP contribution in [0.3, 0.4) is 0 Å². The van der Waals surface area contributed by atoms with Gasteiger partial charge in [-0.05, 0) is 57.0 Å². The molecule has 0 aliphatic carbocycles. The monoisotopic (exact) mass is 424 g/mol. The van der Waals surface area contributed by atoms with Gasteiger partial charge in [0, 0.05) is 18.7 Å². The standard InChI is InChI=1S/C23H25FN4O3/c1-5-26(6-2)21(29)20-22(30)27(14-17-9-7-8-10-19(17)24)23(31)28(25-20)18-12-11-15(3)16(4)13-18/h7-13H,5-6,14H2,1-4H3. The maximum atomic E-state index is 14.2. The number of hydrogen-bond acceptors (Lipinski definition) is 4. The van der Waals surface area contributed by atoms with Crippen molar-refractivity contribution >= 4 is 5.91 Å². The van der Waals surface area contributed by atoms with Crippen LogP contribution in [0.15, 0.2) is 52.1 Å². The fourth-order valence-electron chi connectivity index (χ4n) is 3.27. The minimum Gasteiger partial charge on any atom is -0.338 e. The number of carbonyl (C=O) groups excluding carboxylic acids is 1. The normalized spacial score (nSPS) is 10.9. The van der Waals surface area contributed by atoms with Gasteiger partial charge in [0.25, 0.3) is 11.5 Å². The molecule has 0 aliphatic heterocycles. The van der Waals surface area contributed by atoms with Gasteiger partial charge in [0.2, 0.25) is 5.69 Å². The van der Waals surface area contributed by atoms with Gasteiger partial charge < -0.3 is 4.90 Å². The van der Waals surface area contributed by atoms with Crippen molar-refractivity contribution in [1.82, 2.24) is 19.2 Å². The predicted octanol–water partition coefficient (Wildman–Crippen LogP) is 2.68. The van der Waals surface area contributed by atoms with E-state index in [2.05, 4.69) is 5.10 Å². The third-order valence-corrected chi connectivity index (χ3v) is 5.33. The van der Waals surface area contributed by atoms with Crippen LogP contribution >= 0.6 is 0 Å². The smallest absolute Gasteiger partial charge is 0.338 e. The molecule has 0 unspecified atom stereocenters. The highest BCUT2D eigenvalue weighted by atomic mass is 19.1. The van der Waals surface area contributed by atoms with Crippen molar-refractivity contribution in [1.29, 1.82) is 0 Å². The summed E-state index contributed by atoms with van der Waals surface area (Å²) in [7, 11) is 0. The van der Waals surface area contributed by atoms with Crippen LogP contribution in [0.5, 0.6) is 0 Å². The van der Waals surface area contributed by atoms with Crippen LogP contribution in [-0.4, -0.2) is 38.2 Å². The third-order valence-electron chi connectivity index (χ3n) is 5.33. The Labute approximate surface area is 179 Å². The topological polar surface area (TPSA) is 77.2 Å². The highest BCUT2D eigenvalue weighted by Gasteiger charge is 2.24. The predicted molar refractivity (Wildman–Crippen MR) is 116 cm³/mol. The van der Waals surface area contributed by atoms with E-state index in [1.807, 2.05) is 19.9 Å². The van der Waals surface area contributed by atoms with Crippen LogP contribution < -0.4 is 11.2 Å². The molecule has 0 spiro atoms. The Morgan fingerprint density at radius 3 is 2.32 bits per heavy atom. The molecule has 0 aliphatic rings. The summed E-state index contributed by atoms with van der Waals surface area (Å²) in [5.74, 6) is -1.12. The van der Waals surface area contributed by atoms with Gasteiger partial charge in [-0.3, -0.25) is 14.2 Å². The molecule has 1 heterocycles. The molecule has 8 heteroatoms. The van der Waals surface area contributed by atoms with Gasteiger partial charge in [-0.15, -0.1) is 0 Å². The van der Waals surface area contributed by atoms with E-state index in [0.717, 1.165) is 20.4 Å². The summed E-state index contributed by atoms with van der Waals surface area (Å²) >= 11 is 0. The molecule has 31 heavy (non-hydrogen) atoms. The van der Waals surface area contributed by atoms with E-state index in [0.29, 0.717) is 18.8 Å². The molecular weight excluding hydrogens is 399 g/mol. The molecule has 0 saturated heterocycles. The summed E-state index contributed by atoms with van der Waals surface area (Å²) in [5, 5.41) is 4.14. The second-order valence-electron chi connectivity index (χ2n) is 7.27. The Bertz CT molecular complexity index is 1240. The minimum absolute atomic E-state index is 0.167. The SMILES string of the molecule is CCN(CC)C(=O)c1nn(-c2ccc(C)c(C)c2)c(=O)n(Cc2ccccc2F)c1=O. The summed E-state index contributed by atoms with van der Waals surface area (Å²) < 4.78 is 16.1. The van der Waals surface area contributed by atoms with E-state index in [1.54, 1.807) is 32.0 Å². The second kappa shape index (κ2) is 9.07. The Morgan fingerprint density at radius 1 is 1.03 bits per heavy atom. The van der Waals surface area contributed by atoms with E-state index < -0.39 is 23.0 Å². The molecule has 0 saturated carbocycles. The van der Waals surface area contributed by atoms with Gasteiger partial charge in [-0.2, -0.15) is 9.78 Å². The van der Waals surface area contributed by atoms with Gasteiger partial charge in [0.05, 0.1) is 12.2 Å². The maximum Gasteiger partial charge on any atom is 0.352 e. The Kier molecular flexibility index (Phi) is 6.48. The zero-order chi connectivity index (χ0) is 22.7. The highest BCUT2D eigenvalue weighted by Crippen LogP contribution is 2.12. The molecule has 1 amide bonds. The van der Waals surface area contributed by atoms with Crippen molar-refractivity contribution in [3.8, 4) is 5.69 Å². The molecule has 3 aromatic rings. The molecule has 0 N–H and O–H groups in total. The number of amides is 1. The van der Waals surface area contributed by atoms with Crippen molar-refractivity contribution in [3.05, 3.63) is 91.5 Å². The summed E-state index contributed by atoms with van der Waals surface area (Å²) in [4.78, 5) is 40.7. The van der Waals surface area contributed by atoms with Gasteiger partial charge in [-0.1, -0.05) is 24.3 Å². The molecule has 162 valence electrons. The first kappa shape index (κ1) is 22.1. The first-order valence-corrected chi connectivity index (χ1v) is 10.1. The van der Waals surface area contributed by atoms with Crippen LogP contribution in [0.2, 0.25) is 0 Å². The van der Waals surface area contributed by atoms with E-state index in [1.165, 1.54) is 23.1 Å². The number of carbonyl (C=O) groups is 1. The molecular formula is C23H25FN4O3. The average molecular weight is 424 g/mol. The Morgan fingerprint density at radius 2 is 1.71 bits per heavy atom. The van der Waals surface area contributed by atoms with E-state index in [-0.39, 0.29) is 17.8 Å². The number of halogens is 1. The molecule has 2 aromatic carbocycles. The van der Waals surface area contributed by atoms with E-state index in [4.69, 9.17) is 0 Å². The Hall–Kier alpha value is -3.55. The lowest BCUT2D eigenvalue weighted by Gasteiger charge is -2.19. The second-order valence-corrected chi connectivity index (χ2v) is 7.27. The minimum atomic E-state index is -0.842. The van der Waals surface area contributed by atoms with Crippen molar-refractivity contribution in [2.45, 2.75) is 34.2 Å². The largest absolute Gasteiger partial charge is 0.352 e. The molecule has 3 rings (SSSR count). The summed E-state index contributed by atoms with van der Waals surface area (Å²) in [6, 6.07) is 11.2. The number of nitrogens with zero attached hydrogens (tertiary/aromatic N) is 4. The molecule has 7 nitrogen and oxygen atoms in total. The van der Waals surface area contributed by atoms with Crippen molar-refractivity contribution in [2.75, 3.05) is 13.1 Å². The van der Waals surface area contributed by atoms with Crippen LogP contribution in [0.4, 0.5) is 4.39 Å². The summed E-state index contributed by atoms with van der Waals surface area (Å²) in [6.45, 7) is 7.86. The average Bonchev–Trinajstić information content (AvgIpc) is 2.75. The quantitative estimate of drug-likeness (QED) is 0.610. The van der Waals surface area contributed by atoms with Crippen LogP contribution in [-0.2, 0) is 6.54 Å². The molecule has 0 fully saturated rings. The van der Waals surface area contributed by atoms with Crippen molar-refractivity contribution in [2.24, 2.45) is 0 Å². The first-order chi connectivity index (χ1) is 14.8. The summed E-state index contributed by atoms with van der Waals surface area (Å²) in [5.41, 5.74) is 0.575. The zero-order valence-electron chi connectivity index (χ0n) is 18.1. The summed E-state index contributed by atoms with van der Waals surface area (Å²) in [6.07, 6.45) is 0. The molecule has 1 aromatic heterocycles. The van der Waals surface area contributed by atoms with Gasteiger partial charge in [0.1, 0.15) is 5.82 Å². The number of rotatable bonds is 6. The number of hydrogen-bond donors (Lipinski definition) is 0. The zero-order valence-corrected chi connectivity index (χ0v) is 18.1. The lowest BCUT2D eigenvalue weighted by atomic mass is 10.1. The van der Waals surface area contributed by atoms with E-state index in [9.17, 15) is 18.8 Å². The van der Waals surface area contributed by atoms with E-state index >= 15 is 0 Å². The lowest BCUT2D eigenvalue weighted by molar-refractivity contribution is 0.0761. The first-order valence-electron chi connectivity index (χ1n) is 10.1. The van der Waals surface area contributed by atoms with Crippen LogP contribution in [0, 0.1) is 19.7 Å².